The Morgan fingerprint density at radius 3 is 2.14 bits per heavy atom. The Labute approximate surface area is 417 Å². The van der Waals surface area contributed by atoms with Gasteiger partial charge in [0.05, 0.1) is 12.1 Å². The fraction of sp³-hybridized carbons (Fsp3) is 0.515. The number of fused-ring (bicyclic) bond motifs is 10. The van der Waals surface area contributed by atoms with E-state index in [2.05, 4.69) is 181 Å². The van der Waals surface area contributed by atoms with Crippen molar-refractivity contribution < 1.29 is 0 Å². The molecule has 7 unspecified atom stereocenters. The van der Waals surface area contributed by atoms with Crippen molar-refractivity contribution in [3.8, 4) is 0 Å². The molecule has 4 aliphatic heterocycles. The molecule has 0 spiro atoms. The van der Waals surface area contributed by atoms with Crippen LogP contribution in [0.2, 0.25) is 0 Å². The molecule has 4 heterocycles. The molecule has 8 atom stereocenters. The second-order valence-corrected chi connectivity index (χ2v) is 26.0. The molecule has 7 aliphatic carbocycles. The monoisotopic (exact) mass is 911 g/mol. The summed E-state index contributed by atoms with van der Waals surface area (Å²) in [5, 5.41) is 0. The second-order valence-electron chi connectivity index (χ2n) is 26.0. The highest BCUT2D eigenvalue weighted by molar-refractivity contribution is 6.95. The van der Waals surface area contributed by atoms with Crippen LogP contribution in [0.4, 0.5) is 17.1 Å². The Morgan fingerprint density at radius 1 is 0.652 bits per heavy atom. The van der Waals surface area contributed by atoms with Gasteiger partial charge in [-0.05, 0) is 187 Å². The summed E-state index contributed by atoms with van der Waals surface area (Å²) in [6.45, 7) is 20.9. The highest BCUT2D eigenvalue weighted by Gasteiger charge is 2.57. The molecule has 0 amide bonds. The first kappa shape index (κ1) is 44.4. The van der Waals surface area contributed by atoms with E-state index in [0.717, 1.165) is 25.2 Å². The first-order valence-electron chi connectivity index (χ1n) is 28.1. The van der Waals surface area contributed by atoms with Crippen LogP contribution in [0.1, 0.15) is 156 Å². The van der Waals surface area contributed by atoms with E-state index in [0.29, 0.717) is 35.6 Å². The fourth-order valence-corrected chi connectivity index (χ4v) is 16.6. The standard InChI is InChI=1S/C66H79BN2/c1-63(2,42-22-13-9-14-23-42)46-32-34-56-50(36-46)52-38-48(65(5,6)44-26-17-11-18-27-44)40-54-61(52)68(56)58-30-21-31-59-60(58)67(54)55-41-49(66(7,8)45-28-19-12-20-29-45)39-53-51-37-47(33-35-57(51)69(59)62(53)55)64(3,4)43-24-15-10-16-25-43/h9-10,13,15,17,19,21-22,26,28,30-32,34,36-39,41,43-45,47-48,50,56-57H,11-12,14,16,18,20,23-25,27,29,33,35,40H2,1-8H3/t43?,44?,45?,47?,48-,50?,56?,57?/m1/s1. The highest BCUT2D eigenvalue weighted by Crippen LogP contribution is 2.61. The van der Waals surface area contributed by atoms with E-state index in [4.69, 9.17) is 0 Å². The van der Waals surface area contributed by atoms with E-state index in [1.807, 2.05) is 0 Å². The minimum atomic E-state index is -0.0136. The Hall–Kier alpha value is -4.50. The van der Waals surface area contributed by atoms with Crippen LogP contribution < -0.4 is 20.7 Å². The fourth-order valence-electron chi connectivity index (χ4n) is 16.6. The molecule has 1 saturated heterocycles. The zero-order valence-corrected chi connectivity index (χ0v) is 43.5. The molecule has 1 fully saturated rings. The number of allylic oxidation sites excluding steroid dienone is 16. The van der Waals surface area contributed by atoms with E-state index in [1.165, 1.54) is 87.6 Å². The third-order valence-electron chi connectivity index (χ3n) is 21.4. The van der Waals surface area contributed by atoms with Gasteiger partial charge in [0.2, 0.25) is 6.71 Å². The van der Waals surface area contributed by atoms with Gasteiger partial charge in [-0.15, -0.1) is 0 Å². The maximum Gasteiger partial charge on any atom is 0.247 e. The van der Waals surface area contributed by atoms with Gasteiger partial charge in [0, 0.05) is 39.7 Å². The smallest absolute Gasteiger partial charge is 0.247 e. The Bertz CT molecular complexity index is 2820. The van der Waals surface area contributed by atoms with Gasteiger partial charge in [-0.2, -0.15) is 0 Å². The third-order valence-corrected chi connectivity index (χ3v) is 21.4. The van der Waals surface area contributed by atoms with Crippen LogP contribution in [0.5, 0.6) is 0 Å². The lowest BCUT2D eigenvalue weighted by Gasteiger charge is -2.49. The second kappa shape index (κ2) is 16.0. The Balaban J connectivity index is 1.03. The summed E-state index contributed by atoms with van der Waals surface area (Å²) in [5.74, 6) is 3.22. The van der Waals surface area contributed by atoms with E-state index >= 15 is 0 Å². The number of anilines is 3. The van der Waals surface area contributed by atoms with E-state index in [1.54, 1.807) is 55.6 Å². The van der Waals surface area contributed by atoms with Crippen LogP contribution in [0.25, 0.3) is 5.57 Å². The zero-order chi connectivity index (χ0) is 47.2. The van der Waals surface area contributed by atoms with Gasteiger partial charge in [-0.3, -0.25) is 0 Å². The lowest BCUT2D eigenvalue weighted by Crippen LogP contribution is -2.59. The predicted octanol–water partition coefficient (Wildman–Crippen LogP) is 15.7. The molecule has 0 saturated carbocycles. The molecule has 0 bridgehead atoms. The first-order valence-corrected chi connectivity index (χ1v) is 28.1. The molecular formula is C66H79BN2. The van der Waals surface area contributed by atoms with Crippen LogP contribution in [0.15, 0.2) is 143 Å². The molecule has 2 nitrogen and oxygen atoms in total. The summed E-state index contributed by atoms with van der Waals surface area (Å²) < 4.78 is 0. The lowest BCUT2D eigenvalue weighted by atomic mass is 9.31. The predicted molar refractivity (Wildman–Crippen MR) is 295 cm³/mol. The maximum atomic E-state index is 2.92. The summed E-state index contributed by atoms with van der Waals surface area (Å²) in [4.78, 5) is 5.81. The molecule has 2 aromatic carbocycles. The van der Waals surface area contributed by atoms with E-state index < -0.39 is 0 Å². The van der Waals surface area contributed by atoms with Gasteiger partial charge in [0.25, 0.3) is 0 Å². The average Bonchev–Trinajstić information content (AvgIpc) is 3.90. The normalized spacial score (nSPS) is 30.9. The van der Waals surface area contributed by atoms with Crippen molar-refractivity contribution >= 4 is 40.3 Å². The summed E-state index contributed by atoms with van der Waals surface area (Å²) in [6.07, 6.45) is 53.2. The van der Waals surface area contributed by atoms with Crippen molar-refractivity contribution in [2.45, 2.75) is 163 Å². The largest absolute Gasteiger partial charge is 0.334 e. The lowest BCUT2D eigenvalue weighted by molar-refractivity contribution is 0.123. The van der Waals surface area contributed by atoms with Crippen LogP contribution >= 0.6 is 0 Å². The summed E-state index contributed by atoms with van der Waals surface area (Å²) >= 11 is 0. The number of nitrogens with zero attached hydrogens (tertiary/aromatic N) is 2. The van der Waals surface area contributed by atoms with Crippen molar-refractivity contribution in [2.24, 2.45) is 51.8 Å². The maximum absolute atomic E-state index is 2.92. The number of hydrogen-bond acceptors (Lipinski definition) is 2. The molecule has 3 heteroatoms. The summed E-state index contributed by atoms with van der Waals surface area (Å²) in [7, 11) is 0. The summed E-state index contributed by atoms with van der Waals surface area (Å²) in [5.41, 5.74) is 20.8. The molecule has 0 aromatic heterocycles. The van der Waals surface area contributed by atoms with Crippen molar-refractivity contribution in [1.29, 1.82) is 0 Å². The molecule has 356 valence electrons. The average molecular weight is 911 g/mol. The molecule has 0 N–H and O–H groups in total. The minimum absolute atomic E-state index is 0.0136. The Kier molecular flexibility index (Phi) is 10.3. The quantitative estimate of drug-likeness (QED) is 0.192. The van der Waals surface area contributed by atoms with Crippen molar-refractivity contribution in [3.05, 3.63) is 154 Å². The molecular weight excluding hydrogens is 832 g/mol. The third kappa shape index (κ3) is 6.55. The van der Waals surface area contributed by atoms with Gasteiger partial charge >= 0.3 is 0 Å². The number of benzene rings is 2. The van der Waals surface area contributed by atoms with Crippen LogP contribution in [-0.2, 0) is 5.41 Å². The first-order chi connectivity index (χ1) is 33.3. The van der Waals surface area contributed by atoms with Crippen LogP contribution in [0, 0.1) is 51.8 Å². The van der Waals surface area contributed by atoms with Crippen LogP contribution in [-0.4, -0.2) is 18.8 Å². The molecule has 69 heavy (non-hydrogen) atoms. The molecule has 2 aromatic rings. The van der Waals surface area contributed by atoms with E-state index in [9.17, 15) is 0 Å². The van der Waals surface area contributed by atoms with E-state index in [-0.39, 0.29) is 34.4 Å². The van der Waals surface area contributed by atoms with Crippen LogP contribution in [0.3, 0.4) is 0 Å². The minimum Gasteiger partial charge on any atom is -0.334 e. The van der Waals surface area contributed by atoms with Gasteiger partial charge in [0.1, 0.15) is 0 Å². The molecule has 0 radical (unpaired) electrons. The molecule has 13 rings (SSSR count). The van der Waals surface area contributed by atoms with Crippen molar-refractivity contribution in [1.82, 2.24) is 0 Å². The van der Waals surface area contributed by atoms with Gasteiger partial charge in [-0.1, -0.05) is 164 Å². The summed E-state index contributed by atoms with van der Waals surface area (Å²) in [6, 6.07) is 13.7. The Morgan fingerprint density at radius 2 is 1.42 bits per heavy atom. The van der Waals surface area contributed by atoms with Gasteiger partial charge in [-0.25, -0.2) is 0 Å². The SMILES string of the molecule is CC(C)(C1=CC2C3=C[C@@H](C(C)(C)C4C=CCCC4)CC4=C3N(c3cccc5c3B4c3cc(C(C)(C)C4C=CCCC4)cc4c3N5C3CCC(C(C)(C)C5CC=CCC5)C=C43)C2C=C1)C1=CC=CCC1. The highest BCUT2D eigenvalue weighted by atomic mass is 15.2. The van der Waals surface area contributed by atoms with Crippen molar-refractivity contribution in [2.75, 3.05) is 9.80 Å². The number of rotatable bonds is 8. The van der Waals surface area contributed by atoms with Crippen molar-refractivity contribution in [3.63, 3.8) is 0 Å². The topological polar surface area (TPSA) is 6.48 Å². The van der Waals surface area contributed by atoms with Gasteiger partial charge in [0.15, 0.2) is 0 Å². The molecule has 11 aliphatic rings. The number of hydrogen-bond donors (Lipinski definition) is 0. The van der Waals surface area contributed by atoms with Gasteiger partial charge < -0.3 is 9.80 Å². The zero-order valence-electron chi connectivity index (χ0n) is 43.5.